The third kappa shape index (κ3) is 3.72. The van der Waals surface area contributed by atoms with Gasteiger partial charge in [0, 0.05) is 11.1 Å². The van der Waals surface area contributed by atoms with E-state index in [2.05, 4.69) is 10.4 Å². The molecule has 0 aliphatic heterocycles. The van der Waals surface area contributed by atoms with Crippen molar-refractivity contribution in [3.63, 3.8) is 0 Å². The Labute approximate surface area is 123 Å². The zero-order chi connectivity index (χ0) is 15.5. The highest BCUT2D eigenvalue weighted by atomic mass is 32.1. The van der Waals surface area contributed by atoms with E-state index in [1.807, 2.05) is 18.2 Å². The average Bonchev–Trinajstić information content (AvgIpc) is 2.94. The molecule has 1 unspecified atom stereocenters. The lowest BCUT2D eigenvalue weighted by Crippen LogP contribution is -2.29. The molecule has 114 valence electrons. The minimum Gasteiger partial charge on any atom is -0.496 e. The Morgan fingerprint density at radius 3 is 2.67 bits per heavy atom. The Hall–Kier alpha value is -1.64. The molecule has 0 radical (unpaired) electrons. The third-order valence-corrected chi connectivity index (χ3v) is 4.08. The average molecular weight is 317 g/mol. The summed E-state index contributed by atoms with van der Waals surface area (Å²) in [6.45, 7) is 0. The number of hydrazine groups is 1. The van der Waals surface area contributed by atoms with Gasteiger partial charge < -0.3 is 4.74 Å². The molecule has 1 aromatic carbocycles. The molecule has 1 atom stereocenters. The van der Waals surface area contributed by atoms with Gasteiger partial charge in [0.2, 0.25) is 0 Å². The highest BCUT2D eigenvalue weighted by Crippen LogP contribution is 2.35. The third-order valence-electron chi connectivity index (χ3n) is 2.93. The van der Waals surface area contributed by atoms with Crippen molar-refractivity contribution in [1.29, 1.82) is 0 Å². The topological polar surface area (TPSA) is 60.2 Å². The standard InChI is InChI=1S/C13H14F3N3OS/c1-20-10-5-3-2-4-8(10)6-9(19-17)11-7-18-12(21-11)13(14,15)16/h2-5,7,9,19H,6,17H2,1H3. The molecule has 0 fully saturated rings. The van der Waals surface area contributed by atoms with Gasteiger partial charge in [0.25, 0.3) is 0 Å². The summed E-state index contributed by atoms with van der Waals surface area (Å²) < 4.78 is 43.0. The molecule has 0 saturated heterocycles. The summed E-state index contributed by atoms with van der Waals surface area (Å²) in [7, 11) is 1.54. The number of hydrogen-bond acceptors (Lipinski definition) is 5. The number of ether oxygens (including phenoxy) is 1. The van der Waals surface area contributed by atoms with E-state index in [0.717, 1.165) is 5.56 Å². The number of alkyl halides is 3. The van der Waals surface area contributed by atoms with E-state index in [1.54, 1.807) is 6.07 Å². The maximum absolute atomic E-state index is 12.6. The van der Waals surface area contributed by atoms with Gasteiger partial charge >= 0.3 is 6.18 Å². The second-order valence-corrected chi connectivity index (χ2v) is 5.36. The van der Waals surface area contributed by atoms with Crippen molar-refractivity contribution in [2.24, 2.45) is 5.84 Å². The van der Waals surface area contributed by atoms with E-state index in [0.29, 0.717) is 28.4 Å². The van der Waals surface area contributed by atoms with Crippen LogP contribution in [-0.4, -0.2) is 12.1 Å². The number of hydrogen-bond donors (Lipinski definition) is 2. The summed E-state index contributed by atoms with van der Waals surface area (Å²) >= 11 is 0.586. The van der Waals surface area contributed by atoms with Crippen LogP contribution in [0.15, 0.2) is 30.5 Å². The number of aromatic nitrogens is 1. The van der Waals surface area contributed by atoms with Crippen molar-refractivity contribution >= 4 is 11.3 Å². The first-order valence-electron chi connectivity index (χ1n) is 6.06. The van der Waals surface area contributed by atoms with E-state index >= 15 is 0 Å². The van der Waals surface area contributed by atoms with Crippen LogP contribution in [-0.2, 0) is 12.6 Å². The van der Waals surface area contributed by atoms with Gasteiger partial charge in [0.15, 0.2) is 5.01 Å². The van der Waals surface area contributed by atoms with Gasteiger partial charge in [-0.15, -0.1) is 11.3 Å². The minimum absolute atomic E-state index is 0.403. The summed E-state index contributed by atoms with van der Waals surface area (Å²) in [4.78, 5) is 3.83. The Morgan fingerprint density at radius 1 is 1.38 bits per heavy atom. The number of nitrogens with zero attached hydrogens (tertiary/aromatic N) is 1. The van der Waals surface area contributed by atoms with Crippen LogP contribution in [0.2, 0.25) is 0 Å². The van der Waals surface area contributed by atoms with Crippen molar-refractivity contribution in [3.8, 4) is 5.75 Å². The number of nitrogens with two attached hydrogens (primary N) is 1. The van der Waals surface area contributed by atoms with Crippen LogP contribution in [0.4, 0.5) is 13.2 Å². The smallest absolute Gasteiger partial charge is 0.443 e. The van der Waals surface area contributed by atoms with Crippen molar-refractivity contribution in [1.82, 2.24) is 10.4 Å². The second kappa shape index (κ2) is 6.42. The first-order valence-corrected chi connectivity index (χ1v) is 6.88. The lowest BCUT2D eigenvalue weighted by molar-refractivity contribution is -0.137. The molecular formula is C13H14F3N3OS. The van der Waals surface area contributed by atoms with E-state index in [9.17, 15) is 13.2 Å². The van der Waals surface area contributed by atoms with Crippen LogP contribution < -0.4 is 16.0 Å². The van der Waals surface area contributed by atoms with Crippen LogP contribution in [0.25, 0.3) is 0 Å². The Morgan fingerprint density at radius 2 is 2.10 bits per heavy atom. The summed E-state index contributed by atoms with van der Waals surface area (Å²) in [5.74, 6) is 6.13. The van der Waals surface area contributed by atoms with E-state index in [4.69, 9.17) is 10.6 Å². The lowest BCUT2D eigenvalue weighted by atomic mass is 10.0. The normalized spacial score (nSPS) is 13.2. The van der Waals surface area contributed by atoms with E-state index in [1.165, 1.54) is 13.3 Å². The van der Waals surface area contributed by atoms with Crippen molar-refractivity contribution in [3.05, 3.63) is 45.9 Å². The van der Waals surface area contributed by atoms with Crippen LogP contribution in [0.3, 0.4) is 0 Å². The molecule has 1 heterocycles. The predicted molar refractivity (Wildman–Crippen MR) is 73.9 cm³/mol. The zero-order valence-electron chi connectivity index (χ0n) is 11.1. The van der Waals surface area contributed by atoms with Gasteiger partial charge in [-0.05, 0) is 18.1 Å². The Bertz CT molecular complexity index is 600. The molecule has 2 aromatic rings. The number of para-hydroxylation sites is 1. The molecule has 0 aliphatic rings. The van der Waals surface area contributed by atoms with Crippen LogP contribution in [0, 0.1) is 0 Å². The first-order chi connectivity index (χ1) is 9.95. The second-order valence-electron chi connectivity index (χ2n) is 4.30. The van der Waals surface area contributed by atoms with E-state index in [-0.39, 0.29) is 0 Å². The molecule has 0 spiro atoms. The molecule has 0 bridgehead atoms. The van der Waals surface area contributed by atoms with Gasteiger partial charge in [-0.3, -0.25) is 11.3 Å². The fraction of sp³-hybridized carbons (Fsp3) is 0.308. The van der Waals surface area contributed by atoms with Crippen LogP contribution in [0.5, 0.6) is 5.75 Å². The molecular weight excluding hydrogens is 303 g/mol. The Balaban J connectivity index is 2.22. The first kappa shape index (κ1) is 15.7. The monoisotopic (exact) mass is 317 g/mol. The fourth-order valence-electron chi connectivity index (χ4n) is 1.91. The zero-order valence-corrected chi connectivity index (χ0v) is 12.0. The molecule has 2 rings (SSSR count). The highest BCUT2D eigenvalue weighted by molar-refractivity contribution is 7.11. The SMILES string of the molecule is COc1ccccc1CC(NN)c1cnc(C(F)(F)F)s1. The summed E-state index contributed by atoms with van der Waals surface area (Å²) in [6, 6.07) is 6.82. The summed E-state index contributed by atoms with van der Waals surface area (Å²) in [5, 5.41) is -0.877. The molecule has 8 heteroatoms. The molecule has 21 heavy (non-hydrogen) atoms. The summed E-state index contributed by atoms with van der Waals surface area (Å²) in [5.41, 5.74) is 3.38. The van der Waals surface area contributed by atoms with E-state index < -0.39 is 17.2 Å². The number of halogens is 3. The number of benzene rings is 1. The van der Waals surface area contributed by atoms with Crippen molar-refractivity contribution in [2.45, 2.75) is 18.6 Å². The molecule has 4 nitrogen and oxygen atoms in total. The van der Waals surface area contributed by atoms with Gasteiger partial charge in [-0.25, -0.2) is 4.98 Å². The molecule has 1 aromatic heterocycles. The molecule has 0 aliphatic carbocycles. The Kier molecular flexibility index (Phi) is 4.81. The largest absolute Gasteiger partial charge is 0.496 e. The predicted octanol–water partition coefficient (Wildman–Crippen LogP) is 2.92. The number of thiazole rings is 1. The van der Waals surface area contributed by atoms with Gasteiger partial charge in [0.1, 0.15) is 5.75 Å². The van der Waals surface area contributed by atoms with Crippen LogP contribution >= 0.6 is 11.3 Å². The lowest BCUT2D eigenvalue weighted by Gasteiger charge is -2.15. The highest BCUT2D eigenvalue weighted by Gasteiger charge is 2.35. The number of rotatable bonds is 5. The quantitative estimate of drug-likeness (QED) is 0.657. The number of nitrogens with one attached hydrogen (secondary N) is 1. The summed E-state index contributed by atoms with van der Waals surface area (Å²) in [6.07, 6.45) is -2.83. The van der Waals surface area contributed by atoms with Gasteiger partial charge in [-0.2, -0.15) is 13.2 Å². The maximum atomic E-state index is 12.6. The van der Waals surface area contributed by atoms with Gasteiger partial charge in [0.05, 0.1) is 13.2 Å². The van der Waals surface area contributed by atoms with Crippen LogP contribution in [0.1, 0.15) is 21.5 Å². The maximum Gasteiger partial charge on any atom is 0.443 e. The van der Waals surface area contributed by atoms with Crippen molar-refractivity contribution < 1.29 is 17.9 Å². The molecule has 3 N–H and O–H groups in total. The minimum atomic E-state index is -4.44. The number of methoxy groups -OCH3 is 1. The van der Waals surface area contributed by atoms with Gasteiger partial charge in [-0.1, -0.05) is 18.2 Å². The van der Waals surface area contributed by atoms with Crippen molar-refractivity contribution in [2.75, 3.05) is 7.11 Å². The fourth-order valence-corrected chi connectivity index (χ4v) is 2.76. The molecule has 0 amide bonds. The molecule has 0 saturated carbocycles.